The first-order chi connectivity index (χ1) is 5.66. The Morgan fingerprint density at radius 2 is 1.92 bits per heavy atom. The molecule has 0 N–H and O–H groups in total. The Morgan fingerprint density at radius 3 is 2.67 bits per heavy atom. The summed E-state index contributed by atoms with van der Waals surface area (Å²) in [6.45, 7) is 6.05. The minimum absolute atomic E-state index is 1.04. The first-order valence-electron chi connectivity index (χ1n) is 3.88. The first kappa shape index (κ1) is 7.68. The summed E-state index contributed by atoms with van der Waals surface area (Å²) in [5.74, 6) is 0. The second kappa shape index (κ2) is 2.52. The van der Waals surface area contributed by atoms with Crippen LogP contribution < -0.4 is 0 Å². The lowest BCUT2D eigenvalue weighted by Gasteiger charge is -1.95. The van der Waals surface area contributed by atoms with Crippen molar-refractivity contribution in [1.82, 2.24) is 9.97 Å². The zero-order chi connectivity index (χ0) is 8.72. The predicted octanol–water partition coefficient (Wildman–Crippen LogP) is 2.62. The molecule has 0 atom stereocenters. The lowest BCUT2D eigenvalue weighted by molar-refractivity contribution is 1.14. The second-order valence-corrected chi connectivity index (χ2v) is 4.16. The van der Waals surface area contributed by atoms with Crippen molar-refractivity contribution < 1.29 is 0 Å². The second-order valence-electron chi connectivity index (χ2n) is 2.93. The summed E-state index contributed by atoms with van der Waals surface area (Å²) in [4.78, 5) is 8.77. The van der Waals surface area contributed by atoms with Crippen LogP contribution in [0.3, 0.4) is 0 Å². The molecule has 2 nitrogen and oxygen atoms in total. The van der Waals surface area contributed by atoms with Crippen molar-refractivity contribution in [2.75, 3.05) is 0 Å². The van der Waals surface area contributed by atoms with Crippen molar-refractivity contribution in [2.24, 2.45) is 0 Å². The highest BCUT2D eigenvalue weighted by molar-refractivity contribution is 7.18. The monoisotopic (exact) mass is 178 g/mol. The van der Waals surface area contributed by atoms with E-state index in [2.05, 4.69) is 16.0 Å². The highest BCUT2D eigenvalue weighted by Crippen LogP contribution is 2.23. The zero-order valence-corrected chi connectivity index (χ0v) is 8.20. The maximum Gasteiger partial charge on any atom is 0.103 e. The quantitative estimate of drug-likeness (QED) is 0.619. The standard InChI is InChI=1S/C9H10N2S/c1-5-4-8-9(6(2)10-5)11-7(3)12-8/h4H,1-3H3. The van der Waals surface area contributed by atoms with E-state index in [1.165, 1.54) is 4.70 Å². The molecular weight excluding hydrogens is 168 g/mol. The van der Waals surface area contributed by atoms with Crippen LogP contribution in [0.25, 0.3) is 10.2 Å². The maximum absolute atomic E-state index is 4.41. The Hall–Kier alpha value is -0.960. The molecule has 0 spiro atoms. The number of aryl methyl sites for hydroxylation is 3. The first-order valence-corrected chi connectivity index (χ1v) is 4.70. The molecule has 0 aromatic carbocycles. The molecule has 0 aliphatic heterocycles. The van der Waals surface area contributed by atoms with Gasteiger partial charge in [-0.1, -0.05) is 0 Å². The molecule has 0 saturated carbocycles. The number of hydrogen-bond donors (Lipinski definition) is 0. The van der Waals surface area contributed by atoms with E-state index in [-0.39, 0.29) is 0 Å². The molecule has 62 valence electrons. The molecule has 3 heteroatoms. The van der Waals surface area contributed by atoms with E-state index >= 15 is 0 Å². The minimum Gasteiger partial charge on any atom is -0.256 e. The third kappa shape index (κ3) is 1.10. The zero-order valence-electron chi connectivity index (χ0n) is 7.38. The molecule has 0 unspecified atom stereocenters. The van der Waals surface area contributed by atoms with E-state index < -0.39 is 0 Å². The van der Waals surface area contributed by atoms with Gasteiger partial charge in [0.2, 0.25) is 0 Å². The fraction of sp³-hybridized carbons (Fsp3) is 0.333. The van der Waals surface area contributed by atoms with E-state index in [1.807, 2.05) is 20.8 Å². The number of rotatable bonds is 0. The highest BCUT2D eigenvalue weighted by atomic mass is 32.1. The number of fused-ring (bicyclic) bond motifs is 1. The van der Waals surface area contributed by atoms with Gasteiger partial charge >= 0.3 is 0 Å². The van der Waals surface area contributed by atoms with Gasteiger partial charge in [0.05, 0.1) is 15.4 Å². The molecule has 0 aliphatic rings. The molecule has 0 saturated heterocycles. The lowest BCUT2D eigenvalue weighted by Crippen LogP contribution is -1.86. The molecule has 12 heavy (non-hydrogen) atoms. The normalized spacial score (nSPS) is 10.9. The molecule has 0 bridgehead atoms. The summed E-state index contributed by atoms with van der Waals surface area (Å²) < 4.78 is 1.25. The molecule has 0 amide bonds. The molecule has 2 rings (SSSR count). The van der Waals surface area contributed by atoms with Crippen molar-refractivity contribution in [3.63, 3.8) is 0 Å². The summed E-state index contributed by atoms with van der Waals surface area (Å²) >= 11 is 1.73. The van der Waals surface area contributed by atoms with Crippen molar-refractivity contribution >= 4 is 21.6 Å². The van der Waals surface area contributed by atoms with E-state index in [0.29, 0.717) is 0 Å². The van der Waals surface area contributed by atoms with Crippen molar-refractivity contribution in [2.45, 2.75) is 20.8 Å². The van der Waals surface area contributed by atoms with Crippen LogP contribution in [0.2, 0.25) is 0 Å². The van der Waals surface area contributed by atoms with Crippen LogP contribution in [0.1, 0.15) is 16.4 Å². The van der Waals surface area contributed by atoms with Crippen LogP contribution in [-0.4, -0.2) is 9.97 Å². The molecule has 2 aromatic rings. The lowest BCUT2D eigenvalue weighted by atomic mass is 10.3. The number of pyridine rings is 1. The number of hydrogen-bond acceptors (Lipinski definition) is 3. The molecule has 0 fully saturated rings. The van der Waals surface area contributed by atoms with Gasteiger partial charge in [0.15, 0.2) is 0 Å². The van der Waals surface area contributed by atoms with Gasteiger partial charge in [0.1, 0.15) is 5.52 Å². The van der Waals surface area contributed by atoms with E-state index in [4.69, 9.17) is 0 Å². The van der Waals surface area contributed by atoms with Gasteiger partial charge in [-0.2, -0.15) is 0 Å². The Morgan fingerprint density at radius 1 is 1.17 bits per heavy atom. The van der Waals surface area contributed by atoms with Crippen molar-refractivity contribution in [3.8, 4) is 0 Å². The Kier molecular flexibility index (Phi) is 1.61. The summed E-state index contributed by atoms with van der Waals surface area (Å²) in [5, 5.41) is 1.11. The third-order valence-electron chi connectivity index (χ3n) is 1.79. The van der Waals surface area contributed by atoms with Gasteiger partial charge in [-0.25, -0.2) is 4.98 Å². The van der Waals surface area contributed by atoms with E-state index in [0.717, 1.165) is 21.9 Å². The van der Waals surface area contributed by atoms with Crippen molar-refractivity contribution in [1.29, 1.82) is 0 Å². The van der Waals surface area contributed by atoms with E-state index in [9.17, 15) is 0 Å². The van der Waals surface area contributed by atoms with Crippen LogP contribution in [0.5, 0.6) is 0 Å². The van der Waals surface area contributed by atoms with Gasteiger partial charge in [0.25, 0.3) is 0 Å². The number of thiazole rings is 1. The maximum atomic E-state index is 4.41. The molecule has 2 heterocycles. The fourth-order valence-corrected chi connectivity index (χ4v) is 2.31. The van der Waals surface area contributed by atoms with Gasteiger partial charge in [-0.05, 0) is 26.8 Å². The van der Waals surface area contributed by atoms with Crippen molar-refractivity contribution in [3.05, 3.63) is 22.5 Å². The Balaban J connectivity index is 2.88. The van der Waals surface area contributed by atoms with Crippen LogP contribution in [0.4, 0.5) is 0 Å². The Labute approximate surface area is 75.3 Å². The minimum atomic E-state index is 1.04. The average Bonchev–Trinajstić information content (AvgIpc) is 2.29. The summed E-state index contributed by atoms with van der Waals surface area (Å²) in [5.41, 5.74) is 3.17. The summed E-state index contributed by atoms with van der Waals surface area (Å²) in [6, 6.07) is 2.09. The van der Waals surface area contributed by atoms with Crippen LogP contribution in [-0.2, 0) is 0 Å². The average molecular weight is 178 g/mol. The third-order valence-corrected chi connectivity index (χ3v) is 2.70. The predicted molar refractivity (Wildman–Crippen MR) is 51.6 cm³/mol. The topological polar surface area (TPSA) is 25.8 Å². The summed E-state index contributed by atoms with van der Waals surface area (Å²) in [7, 11) is 0. The van der Waals surface area contributed by atoms with Crippen LogP contribution >= 0.6 is 11.3 Å². The molecule has 0 radical (unpaired) electrons. The highest BCUT2D eigenvalue weighted by Gasteiger charge is 2.04. The molecule has 2 aromatic heterocycles. The van der Waals surface area contributed by atoms with Gasteiger partial charge in [-0.15, -0.1) is 11.3 Å². The summed E-state index contributed by atoms with van der Waals surface area (Å²) in [6.07, 6.45) is 0. The van der Waals surface area contributed by atoms with Gasteiger partial charge < -0.3 is 0 Å². The van der Waals surface area contributed by atoms with E-state index in [1.54, 1.807) is 11.3 Å². The van der Waals surface area contributed by atoms with Gasteiger partial charge in [-0.3, -0.25) is 4.98 Å². The van der Waals surface area contributed by atoms with Gasteiger partial charge in [0, 0.05) is 5.69 Å². The van der Waals surface area contributed by atoms with Crippen LogP contribution in [0, 0.1) is 20.8 Å². The molecule has 0 aliphatic carbocycles. The molecular formula is C9H10N2S. The smallest absolute Gasteiger partial charge is 0.103 e. The van der Waals surface area contributed by atoms with Crippen LogP contribution in [0.15, 0.2) is 6.07 Å². The largest absolute Gasteiger partial charge is 0.256 e. The number of nitrogens with zero attached hydrogens (tertiary/aromatic N) is 2. The fourth-order valence-electron chi connectivity index (χ4n) is 1.34. The number of aromatic nitrogens is 2. The SMILES string of the molecule is Cc1cc2sc(C)nc2c(C)n1. The Bertz CT molecular complexity index is 431.